The van der Waals surface area contributed by atoms with E-state index in [-0.39, 0.29) is 10.3 Å². The normalized spacial score (nSPS) is 27.1. The number of nitrogens with zero attached hydrogens (tertiary/aromatic N) is 3. The van der Waals surface area contributed by atoms with E-state index >= 15 is 0 Å². The summed E-state index contributed by atoms with van der Waals surface area (Å²) in [5.41, 5.74) is 1.26. The molecular formula is C25H32N4O4S. The van der Waals surface area contributed by atoms with Gasteiger partial charge in [-0.15, -0.1) is 10.2 Å². The number of anilines is 1. The first-order chi connectivity index (χ1) is 16.5. The van der Waals surface area contributed by atoms with E-state index in [1.165, 1.54) is 5.56 Å². The molecule has 2 saturated carbocycles. The number of hydrogen-bond acceptors (Lipinski definition) is 8. The molecule has 182 valence electrons. The lowest BCUT2D eigenvalue weighted by molar-refractivity contribution is 0.174. The summed E-state index contributed by atoms with van der Waals surface area (Å²) >= 11 is 0. The monoisotopic (exact) mass is 484 g/mol. The minimum absolute atomic E-state index is 0.118. The number of hydrogen-bond donors (Lipinski definition) is 1. The zero-order valence-electron chi connectivity index (χ0n) is 19.4. The van der Waals surface area contributed by atoms with Crippen LogP contribution in [0, 0.1) is 11.8 Å². The van der Waals surface area contributed by atoms with Crippen molar-refractivity contribution in [3.8, 4) is 11.5 Å². The fourth-order valence-electron chi connectivity index (χ4n) is 6.25. The van der Waals surface area contributed by atoms with Gasteiger partial charge in [0.15, 0.2) is 26.4 Å². The molecule has 9 heteroatoms. The predicted octanol–water partition coefficient (Wildman–Crippen LogP) is 3.63. The minimum atomic E-state index is -3.38. The minimum Gasteiger partial charge on any atom is -0.454 e. The van der Waals surface area contributed by atoms with Crippen LogP contribution in [0.3, 0.4) is 0 Å². The van der Waals surface area contributed by atoms with Gasteiger partial charge in [0, 0.05) is 25.7 Å². The zero-order valence-corrected chi connectivity index (χ0v) is 20.2. The molecule has 3 heterocycles. The number of fused-ring (bicyclic) bond motifs is 2. The summed E-state index contributed by atoms with van der Waals surface area (Å²) in [6, 6.07) is 9.99. The van der Waals surface area contributed by atoms with E-state index in [9.17, 15) is 8.42 Å². The quantitative estimate of drug-likeness (QED) is 0.664. The second kappa shape index (κ2) is 9.00. The SMILES string of the molecule is O=S(=O)(c1ccc(N[C@@H]2C[C@@H]3CN(Cc4ccc5c(c4)OCO5)C[C@@H]3C2)nn1)C1CCCCC1. The maximum Gasteiger partial charge on any atom is 0.231 e. The van der Waals surface area contributed by atoms with Crippen LogP contribution in [-0.2, 0) is 16.4 Å². The molecule has 1 N–H and O–H groups in total. The molecule has 8 nitrogen and oxygen atoms in total. The molecule has 1 aromatic carbocycles. The van der Waals surface area contributed by atoms with E-state index in [4.69, 9.17) is 9.47 Å². The van der Waals surface area contributed by atoms with Crippen molar-refractivity contribution in [3.63, 3.8) is 0 Å². The molecule has 1 saturated heterocycles. The van der Waals surface area contributed by atoms with Gasteiger partial charge in [-0.3, -0.25) is 4.90 Å². The maximum atomic E-state index is 12.9. The highest BCUT2D eigenvalue weighted by molar-refractivity contribution is 7.92. The molecular weight excluding hydrogens is 452 g/mol. The van der Waals surface area contributed by atoms with E-state index < -0.39 is 9.84 Å². The Morgan fingerprint density at radius 1 is 0.941 bits per heavy atom. The van der Waals surface area contributed by atoms with Crippen LogP contribution >= 0.6 is 0 Å². The lowest BCUT2D eigenvalue weighted by Crippen LogP contribution is -2.26. The molecule has 0 amide bonds. The lowest BCUT2D eigenvalue weighted by Gasteiger charge is -2.21. The summed E-state index contributed by atoms with van der Waals surface area (Å²) in [6.45, 7) is 3.44. The van der Waals surface area contributed by atoms with Gasteiger partial charge in [-0.1, -0.05) is 25.3 Å². The van der Waals surface area contributed by atoms with Gasteiger partial charge in [-0.05, 0) is 67.3 Å². The summed E-state index contributed by atoms with van der Waals surface area (Å²) in [4.78, 5) is 2.54. The summed E-state index contributed by atoms with van der Waals surface area (Å²) in [5, 5.41) is 11.6. The molecule has 0 unspecified atom stereocenters. The molecule has 0 spiro atoms. The Morgan fingerprint density at radius 2 is 1.71 bits per heavy atom. The van der Waals surface area contributed by atoms with E-state index in [2.05, 4.69) is 32.5 Å². The number of benzene rings is 1. The number of rotatable bonds is 6. The van der Waals surface area contributed by atoms with Crippen molar-refractivity contribution in [2.45, 2.75) is 67.8 Å². The third-order valence-electron chi connectivity index (χ3n) is 7.94. The highest BCUT2D eigenvalue weighted by Crippen LogP contribution is 2.40. The van der Waals surface area contributed by atoms with Gasteiger partial charge in [-0.2, -0.15) is 0 Å². The predicted molar refractivity (Wildman–Crippen MR) is 128 cm³/mol. The first kappa shape index (κ1) is 22.1. The summed E-state index contributed by atoms with van der Waals surface area (Å²) < 4.78 is 36.6. The summed E-state index contributed by atoms with van der Waals surface area (Å²) in [7, 11) is -3.38. The van der Waals surface area contributed by atoms with Crippen LogP contribution in [0.15, 0.2) is 35.4 Å². The van der Waals surface area contributed by atoms with Crippen LogP contribution < -0.4 is 14.8 Å². The molecule has 0 radical (unpaired) electrons. The first-order valence-electron chi connectivity index (χ1n) is 12.5. The van der Waals surface area contributed by atoms with Gasteiger partial charge in [0.05, 0.1) is 5.25 Å². The molecule has 2 aromatic rings. The molecule has 3 fully saturated rings. The fraction of sp³-hybridized carbons (Fsp3) is 0.600. The topological polar surface area (TPSA) is 93.7 Å². The van der Waals surface area contributed by atoms with Crippen molar-refractivity contribution in [2.24, 2.45) is 11.8 Å². The van der Waals surface area contributed by atoms with Crippen LogP contribution in [0.1, 0.15) is 50.5 Å². The Kier molecular flexibility index (Phi) is 5.85. The van der Waals surface area contributed by atoms with Crippen molar-refractivity contribution < 1.29 is 17.9 Å². The molecule has 4 aliphatic rings. The lowest BCUT2D eigenvalue weighted by atomic mass is 10.0. The van der Waals surface area contributed by atoms with Crippen molar-refractivity contribution in [3.05, 3.63) is 35.9 Å². The largest absolute Gasteiger partial charge is 0.454 e. The third kappa shape index (κ3) is 4.35. The number of ether oxygens (including phenoxy) is 2. The second-order valence-electron chi connectivity index (χ2n) is 10.3. The van der Waals surface area contributed by atoms with Gasteiger partial charge >= 0.3 is 0 Å². The Morgan fingerprint density at radius 3 is 2.44 bits per heavy atom. The Labute approximate surface area is 201 Å². The molecule has 34 heavy (non-hydrogen) atoms. The van der Waals surface area contributed by atoms with E-state index in [0.717, 1.165) is 76.1 Å². The van der Waals surface area contributed by atoms with Crippen molar-refractivity contribution in [1.29, 1.82) is 0 Å². The Bertz CT molecular complexity index is 1120. The molecule has 3 atom stereocenters. The average molecular weight is 485 g/mol. The zero-order chi connectivity index (χ0) is 23.1. The van der Waals surface area contributed by atoms with Crippen LogP contribution in [0.4, 0.5) is 5.82 Å². The maximum absolute atomic E-state index is 12.9. The van der Waals surface area contributed by atoms with Gasteiger partial charge in [-0.25, -0.2) is 8.42 Å². The number of likely N-dealkylation sites (tertiary alicyclic amines) is 1. The van der Waals surface area contributed by atoms with Gasteiger partial charge in [0.2, 0.25) is 6.79 Å². The smallest absolute Gasteiger partial charge is 0.231 e. The second-order valence-corrected chi connectivity index (χ2v) is 12.5. The van der Waals surface area contributed by atoms with Gasteiger partial charge in [0.25, 0.3) is 0 Å². The fourth-order valence-corrected chi connectivity index (χ4v) is 7.95. The van der Waals surface area contributed by atoms with Crippen LogP contribution in [0.25, 0.3) is 0 Å². The molecule has 0 bridgehead atoms. The van der Waals surface area contributed by atoms with E-state index in [0.29, 0.717) is 30.5 Å². The molecule has 6 rings (SSSR count). The molecule has 1 aromatic heterocycles. The van der Waals surface area contributed by atoms with Crippen LogP contribution in [-0.4, -0.2) is 54.7 Å². The van der Waals surface area contributed by atoms with E-state index in [1.54, 1.807) is 12.1 Å². The number of sulfone groups is 1. The van der Waals surface area contributed by atoms with Crippen LogP contribution in [0.5, 0.6) is 11.5 Å². The van der Waals surface area contributed by atoms with Gasteiger partial charge < -0.3 is 14.8 Å². The van der Waals surface area contributed by atoms with E-state index in [1.807, 2.05) is 6.07 Å². The molecule has 2 aliphatic heterocycles. The standard InChI is InChI=1S/C25H32N4O4S/c30-34(31,21-4-2-1-3-5-21)25-9-8-24(27-28-25)26-20-11-18-14-29(15-19(18)12-20)13-17-6-7-22-23(10-17)33-16-32-22/h6-10,18-21H,1-5,11-16H2,(H,26,27)/t18-,19+,20-. The molecule has 2 aliphatic carbocycles. The Balaban J connectivity index is 1.02. The highest BCUT2D eigenvalue weighted by atomic mass is 32.2. The van der Waals surface area contributed by atoms with Crippen molar-refractivity contribution in [2.75, 3.05) is 25.2 Å². The summed E-state index contributed by atoms with van der Waals surface area (Å²) in [5.74, 6) is 3.69. The summed E-state index contributed by atoms with van der Waals surface area (Å²) in [6.07, 6.45) is 6.77. The van der Waals surface area contributed by atoms with Crippen molar-refractivity contribution >= 4 is 15.7 Å². The first-order valence-corrected chi connectivity index (χ1v) is 14.0. The number of aromatic nitrogens is 2. The van der Waals surface area contributed by atoms with Crippen molar-refractivity contribution in [1.82, 2.24) is 15.1 Å². The highest BCUT2D eigenvalue weighted by Gasteiger charge is 2.41. The van der Waals surface area contributed by atoms with Crippen LogP contribution in [0.2, 0.25) is 0 Å². The third-order valence-corrected chi connectivity index (χ3v) is 10.1. The Hall–Kier alpha value is -2.39. The van der Waals surface area contributed by atoms with Gasteiger partial charge in [0.1, 0.15) is 5.82 Å². The average Bonchev–Trinajstić information content (AvgIpc) is 3.55. The number of nitrogens with one attached hydrogen (secondary N) is 1.